The minimum Gasteiger partial charge on any atom is -0.345 e. The van der Waals surface area contributed by atoms with Crippen molar-refractivity contribution in [3.05, 3.63) is 28.8 Å². The molecule has 0 aromatic heterocycles. The van der Waals surface area contributed by atoms with Crippen molar-refractivity contribution in [2.24, 2.45) is 5.73 Å². The van der Waals surface area contributed by atoms with Gasteiger partial charge in [-0.05, 0) is 25.1 Å². The van der Waals surface area contributed by atoms with Crippen LogP contribution < -0.4 is 11.1 Å². The number of carbonyl (C=O) groups excluding carboxylic acids is 2. The van der Waals surface area contributed by atoms with E-state index in [1.54, 1.807) is 33.2 Å². The predicted molar refractivity (Wildman–Crippen MR) is 71.7 cm³/mol. The van der Waals surface area contributed by atoms with E-state index < -0.39 is 6.04 Å². The van der Waals surface area contributed by atoms with Crippen LogP contribution in [0.5, 0.6) is 0 Å². The van der Waals surface area contributed by atoms with Gasteiger partial charge in [-0.1, -0.05) is 11.6 Å². The van der Waals surface area contributed by atoms with Crippen molar-refractivity contribution in [1.29, 1.82) is 0 Å². The number of amides is 2. The Balaban J connectivity index is 3.12. The highest BCUT2D eigenvalue weighted by Gasteiger charge is 2.16. The third-order valence-electron chi connectivity index (χ3n) is 2.29. The molecule has 3 N–H and O–H groups in total. The molecule has 1 aromatic carbocycles. The Labute approximate surface area is 111 Å². The minimum atomic E-state index is -0.661. The summed E-state index contributed by atoms with van der Waals surface area (Å²) in [5, 5.41) is 3.03. The zero-order valence-electron chi connectivity index (χ0n) is 10.5. The maximum atomic E-state index is 11.9. The molecule has 0 bridgehead atoms. The van der Waals surface area contributed by atoms with E-state index in [9.17, 15) is 9.59 Å². The second-order valence-corrected chi connectivity index (χ2v) is 4.60. The van der Waals surface area contributed by atoms with Crippen LogP contribution in [0.3, 0.4) is 0 Å². The first-order valence-electron chi connectivity index (χ1n) is 5.40. The van der Waals surface area contributed by atoms with Crippen LogP contribution in [-0.2, 0) is 4.79 Å². The van der Waals surface area contributed by atoms with Gasteiger partial charge in [-0.25, -0.2) is 0 Å². The molecule has 1 rings (SSSR count). The number of anilines is 1. The van der Waals surface area contributed by atoms with Crippen LogP contribution in [0.4, 0.5) is 5.69 Å². The fraction of sp³-hybridized carbons (Fsp3) is 0.333. The molecule has 0 unspecified atom stereocenters. The molecule has 0 aliphatic carbocycles. The van der Waals surface area contributed by atoms with Gasteiger partial charge in [0.25, 0.3) is 5.91 Å². The van der Waals surface area contributed by atoms with E-state index in [0.717, 1.165) is 0 Å². The number of carbonyl (C=O) groups is 2. The molecule has 0 heterocycles. The predicted octanol–water partition coefficient (Wildman–Crippen LogP) is 1.33. The van der Waals surface area contributed by atoms with Crippen LogP contribution in [0.25, 0.3) is 0 Å². The Morgan fingerprint density at radius 3 is 2.50 bits per heavy atom. The number of hydrogen-bond donors (Lipinski definition) is 2. The smallest absolute Gasteiger partial charge is 0.255 e. The van der Waals surface area contributed by atoms with Gasteiger partial charge in [-0.2, -0.15) is 0 Å². The summed E-state index contributed by atoms with van der Waals surface area (Å²) in [6.45, 7) is 1.56. The number of benzene rings is 1. The molecule has 0 aliphatic heterocycles. The first-order chi connectivity index (χ1) is 8.32. The Morgan fingerprint density at radius 1 is 1.39 bits per heavy atom. The van der Waals surface area contributed by atoms with Gasteiger partial charge in [-0.15, -0.1) is 0 Å². The fourth-order valence-electron chi connectivity index (χ4n) is 1.29. The highest BCUT2D eigenvalue weighted by Crippen LogP contribution is 2.22. The Morgan fingerprint density at radius 2 is 2.00 bits per heavy atom. The molecule has 0 radical (unpaired) electrons. The largest absolute Gasteiger partial charge is 0.345 e. The van der Waals surface area contributed by atoms with Crippen molar-refractivity contribution in [1.82, 2.24) is 4.90 Å². The Bertz CT molecular complexity index is 472. The molecule has 0 spiro atoms. The van der Waals surface area contributed by atoms with Gasteiger partial charge in [0.15, 0.2) is 0 Å². The quantitative estimate of drug-likeness (QED) is 0.869. The van der Waals surface area contributed by atoms with Gasteiger partial charge in [0, 0.05) is 19.1 Å². The second-order valence-electron chi connectivity index (χ2n) is 4.17. The summed E-state index contributed by atoms with van der Waals surface area (Å²) in [6.07, 6.45) is 0. The van der Waals surface area contributed by atoms with E-state index in [1.807, 2.05) is 0 Å². The van der Waals surface area contributed by atoms with E-state index in [0.29, 0.717) is 16.3 Å². The molecule has 1 atom stereocenters. The normalized spacial score (nSPS) is 11.8. The van der Waals surface area contributed by atoms with Crippen molar-refractivity contribution in [3.8, 4) is 0 Å². The average molecular weight is 270 g/mol. The monoisotopic (exact) mass is 269 g/mol. The highest BCUT2D eigenvalue weighted by atomic mass is 35.5. The van der Waals surface area contributed by atoms with Crippen molar-refractivity contribution in [3.63, 3.8) is 0 Å². The minimum absolute atomic E-state index is 0.216. The molecule has 0 saturated carbocycles. The van der Waals surface area contributed by atoms with Gasteiger partial charge in [-0.3, -0.25) is 9.59 Å². The number of rotatable bonds is 3. The summed E-state index contributed by atoms with van der Waals surface area (Å²) in [4.78, 5) is 24.9. The van der Waals surface area contributed by atoms with Crippen LogP contribution >= 0.6 is 11.6 Å². The highest BCUT2D eigenvalue weighted by molar-refractivity contribution is 6.31. The fourth-order valence-corrected chi connectivity index (χ4v) is 1.47. The van der Waals surface area contributed by atoms with Crippen molar-refractivity contribution in [2.45, 2.75) is 13.0 Å². The zero-order chi connectivity index (χ0) is 13.9. The first-order valence-corrected chi connectivity index (χ1v) is 5.78. The van der Waals surface area contributed by atoms with Gasteiger partial charge in [0.2, 0.25) is 5.91 Å². The van der Waals surface area contributed by atoms with Gasteiger partial charge >= 0.3 is 0 Å². The summed E-state index contributed by atoms with van der Waals surface area (Å²) in [5.41, 5.74) is 6.21. The second kappa shape index (κ2) is 5.84. The van der Waals surface area contributed by atoms with Gasteiger partial charge < -0.3 is 16.0 Å². The molecular weight excluding hydrogens is 254 g/mol. The van der Waals surface area contributed by atoms with Crippen LogP contribution in [0.15, 0.2) is 18.2 Å². The van der Waals surface area contributed by atoms with Gasteiger partial charge in [0.05, 0.1) is 17.3 Å². The number of nitrogens with zero attached hydrogens (tertiary/aromatic N) is 1. The van der Waals surface area contributed by atoms with Crippen LogP contribution in [0.1, 0.15) is 17.3 Å². The number of nitrogens with one attached hydrogen (secondary N) is 1. The van der Waals surface area contributed by atoms with Crippen molar-refractivity contribution < 1.29 is 9.59 Å². The van der Waals surface area contributed by atoms with E-state index in [-0.39, 0.29) is 11.8 Å². The zero-order valence-corrected chi connectivity index (χ0v) is 11.3. The van der Waals surface area contributed by atoms with E-state index in [2.05, 4.69) is 5.32 Å². The summed E-state index contributed by atoms with van der Waals surface area (Å²) >= 11 is 5.86. The molecule has 98 valence electrons. The molecule has 18 heavy (non-hydrogen) atoms. The molecule has 0 fully saturated rings. The number of hydrogen-bond acceptors (Lipinski definition) is 3. The van der Waals surface area contributed by atoms with Crippen molar-refractivity contribution in [2.75, 3.05) is 19.4 Å². The standard InChI is InChI=1S/C12H16ClN3O2/c1-7(14)11(17)15-10-6-8(13)4-5-9(10)12(18)16(2)3/h4-7H,14H2,1-3H3,(H,15,17)/t7-/m1/s1. The van der Waals surface area contributed by atoms with E-state index >= 15 is 0 Å². The summed E-state index contributed by atoms with van der Waals surface area (Å²) in [6, 6.07) is 4.03. The number of halogens is 1. The van der Waals surface area contributed by atoms with Gasteiger partial charge in [0.1, 0.15) is 0 Å². The number of nitrogens with two attached hydrogens (primary N) is 1. The molecule has 1 aromatic rings. The maximum Gasteiger partial charge on any atom is 0.255 e. The maximum absolute atomic E-state index is 11.9. The summed E-state index contributed by atoms with van der Waals surface area (Å²) in [7, 11) is 3.27. The van der Waals surface area contributed by atoms with Crippen LogP contribution in [0, 0.1) is 0 Å². The molecule has 0 saturated heterocycles. The van der Waals surface area contributed by atoms with E-state index in [4.69, 9.17) is 17.3 Å². The lowest BCUT2D eigenvalue weighted by Crippen LogP contribution is -2.33. The SMILES string of the molecule is C[C@@H](N)C(=O)Nc1cc(Cl)ccc1C(=O)N(C)C. The van der Waals surface area contributed by atoms with Crippen LogP contribution in [-0.4, -0.2) is 36.9 Å². The van der Waals surface area contributed by atoms with Crippen LogP contribution in [0.2, 0.25) is 5.02 Å². The lowest BCUT2D eigenvalue weighted by atomic mass is 10.1. The van der Waals surface area contributed by atoms with Crippen molar-refractivity contribution >= 4 is 29.1 Å². The topological polar surface area (TPSA) is 75.4 Å². The Kier molecular flexibility index (Phi) is 4.69. The average Bonchev–Trinajstić information content (AvgIpc) is 2.28. The molecule has 0 aliphatic rings. The lowest BCUT2D eigenvalue weighted by Gasteiger charge is -2.16. The summed E-state index contributed by atoms with van der Waals surface area (Å²) in [5.74, 6) is -0.586. The van der Waals surface area contributed by atoms with E-state index in [1.165, 1.54) is 11.0 Å². The summed E-state index contributed by atoms with van der Waals surface area (Å²) < 4.78 is 0. The molecular formula is C12H16ClN3O2. The molecule has 5 nitrogen and oxygen atoms in total. The molecule has 6 heteroatoms. The Hall–Kier alpha value is -1.59. The third-order valence-corrected chi connectivity index (χ3v) is 2.52. The first kappa shape index (κ1) is 14.5. The third kappa shape index (κ3) is 3.45. The molecule has 2 amide bonds. The lowest BCUT2D eigenvalue weighted by molar-refractivity contribution is -0.117.